The number of benzene rings is 4. The van der Waals surface area contributed by atoms with Crippen molar-refractivity contribution in [3.05, 3.63) is 137 Å². The van der Waals surface area contributed by atoms with Crippen LogP contribution in [-0.4, -0.2) is 36.5 Å². The van der Waals surface area contributed by atoms with Crippen molar-refractivity contribution in [3.63, 3.8) is 0 Å². The maximum atomic E-state index is 6.85. The summed E-state index contributed by atoms with van der Waals surface area (Å²) in [6.45, 7) is 10.2. The maximum absolute atomic E-state index is 6.85. The smallest absolute Gasteiger partial charge is 0.184 e. The molecule has 2 aliphatic heterocycles. The zero-order chi connectivity index (χ0) is 30.5. The van der Waals surface area contributed by atoms with Gasteiger partial charge in [-0.1, -0.05) is 136 Å². The van der Waals surface area contributed by atoms with E-state index >= 15 is 0 Å². The second kappa shape index (κ2) is 14.0. The van der Waals surface area contributed by atoms with Gasteiger partial charge in [0.1, 0.15) is 29.9 Å². The minimum Gasteiger partial charge on any atom is -0.368 e. The summed E-state index contributed by atoms with van der Waals surface area (Å²) in [7, 11) is 0. The van der Waals surface area contributed by atoms with E-state index in [1.54, 1.807) is 11.8 Å². The first-order valence-electron chi connectivity index (χ1n) is 15.4. The first-order valence-corrected chi connectivity index (χ1v) is 16.3. The van der Waals surface area contributed by atoms with E-state index in [9.17, 15) is 0 Å². The molecular formula is C38H42O5S. The molecule has 0 bridgehead atoms. The molecule has 0 aliphatic carbocycles. The highest BCUT2D eigenvalue weighted by Crippen LogP contribution is 2.43. The highest BCUT2D eigenvalue weighted by molar-refractivity contribution is 7.99. The van der Waals surface area contributed by atoms with Crippen LogP contribution in [0.25, 0.3) is 0 Å². The van der Waals surface area contributed by atoms with E-state index in [2.05, 4.69) is 70.2 Å². The van der Waals surface area contributed by atoms with E-state index in [-0.39, 0.29) is 23.1 Å². The normalized spacial score (nSPS) is 25.4. The molecule has 5 nitrogen and oxygen atoms in total. The largest absolute Gasteiger partial charge is 0.368 e. The van der Waals surface area contributed by atoms with Crippen LogP contribution in [0.15, 0.2) is 114 Å². The molecule has 0 amide bonds. The fraction of sp³-hybridized carbons (Fsp3) is 0.368. The van der Waals surface area contributed by atoms with E-state index < -0.39 is 18.5 Å². The lowest BCUT2D eigenvalue weighted by Gasteiger charge is -2.49. The molecule has 2 saturated heterocycles. The van der Waals surface area contributed by atoms with Crippen molar-refractivity contribution in [2.45, 2.75) is 87.4 Å². The maximum Gasteiger partial charge on any atom is 0.184 e. The fourth-order valence-electron chi connectivity index (χ4n) is 5.64. The van der Waals surface area contributed by atoms with Crippen LogP contribution < -0.4 is 0 Å². The third-order valence-corrected chi connectivity index (χ3v) is 9.53. The van der Waals surface area contributed by atoms with E-state index in [1.165, 1.54) is 16.0 Å². The molecule has 2 aliphatic rings. The Kier molecular flexibility index (Phi) is 9.86. The summed E-state index contributed by atoms with van der Waals surface area (Å²) in [4.78, 5) is 1.18. The predicted molar refractivity (Wildman–Crippen MR) is 174 cm³/mol. The number of ether oxygens (including phenoxy) is 5. The number of aryl methyl sites for hydroxylation is 1. The lowest BCUT2D eigenvalue weighted by atomic mass is 9.87. The van der Waals surface area contributed by atoms with Crippen LogP contribution in [-0.2, 0) is 42.3 Å². The number of rotatable bonds is 9. The van der Waals surface area contributed by atoms with Gasteiger partial charge in [0.2, 0.25) is 0 Å². The molecule has 4 aromatic carbocycles. The first kappa shape index (κ1) is 31.0. The topological polar surface area (TPSA) is 46.2 Å². The molecule has 0 saturated carbocycles. The molecule has 0 radical (unpaired) electrons. The minimum atomic E-state index is -0.506. The van der Waals surface area contributed by atoms with Crippen LogP contribution in [0, 0.1) is 6.92 Å². The van der Waals surface area contributed by atoms with Crippen molar-refractivity contribution in [2.75, 3.05) is 6.61 Å². The molecule has 0 N–H and O–H groups in total. The summed E-state index contributed by atoms with van der Waals surface area (Å²) >= 11 is 1.70. The number of hydrogen-bond donors (Lipinski definition) is 0. The molecule has 2 fully saturated rings. The molecule has 1 unspecified atom stereocenters. The Hall–Kier alpha value is -2.97. The fourth-order valence-corrected chi connectivity index (χ4v) is 6.90. The highest BCUT2D eigenvalue weighted by atomic mass is 32.2. The third-order valence-electron chi connectivity index (χ3n) is 8.22. The summed E-state index contributed by atoms with van der Waals surface area (Å²) in [6.07, 6.45) is -1.99. The van der Waals surface area contributed by atoms with Gasteiger partial charge >= 0.3 is 0 Å². The molecular weight excluding hydrogens is 568 g/mol. The van der Waals surface area contributed by atoms with Gasteiger partial charge < -0.3 is 23.7 Å². The lowest BCUT2D eigenvalue weighted by Crippen LogP contribution is -2.62. The Labute approximate surface area is 265 Å². The molecule has 2 heterocycles. The van der Waals surface area contributed by atoms with Gasteiger partial charge in [-0.25, -0.2) is 0 Å². The van der Waals surface area contributed by atoms with Gasteiger partial charge in [0.15, 0.2) is 6.29 Å². The van der Waals surface area contributed by atoms with Gasteiger partial charge in [0, 0.05) is 10.5 Å². The second-order valence-corrected chi connectivity index (χ2v) is 13.7. The average Bonchev–Trinajstić information content (AvgIpc) is 3.04. The minimum absolute atomic E-state index is 0.0313. The van der Waals surface area contributed by atoms with Crippen LogP contribution in [0.3, 0.4) is 0 Å². The van der Waals surface area contributed by atoms with Gasteiger partial charge in [0.25, 0.3) is 0 Å². The van der Waals surface area contributed by atoms with Crippen LogP contribution in [0.1, 0.15) is 54.9 Å². The second-order valence-electron chi connectivity index (χ2n) is 12.6. The standard InChI is InChI=1S/C38H42O5S/c1-26-20-21-30(38(2,3)4)22-32(26)44-37-35(40-24-28-16-10-6-11-17-28)34(39-23-27-14-8-5-9-15-27)33-31(42-37)25-41-36(43-33)29-18-12-7-13-19-29/h5-22,31,33-37H,23-25H2,1-4H3/t31-,33-,34+,35-,36?,37+/m1/s1. The van der Waals surface area contributed by atoms with E-state index in [0.29, 0.717) is 19.8 Å². The summed E-state index contributed by atoms with van der Waals surface area (Å²) < 4.78 is 33.4. The number of fused-ring (bicyclic) bond motifs is 1. The van der Waals surface area contributed by atoms with E-state index in [1.807, 2.05) is 66.7 Å². The van der Waals surface area contributed by atoms with Crippen molar-refractivity contribution in [1.82, 2.24) is 0 Å². The highest BCUT2D eigenvalue weighted by Gasteiger charge is 2.51. The molecule has 0 spiro atoms. The van der Waals surface area contributed by atoms with Crippen molar-refractivity contribution >= 4 is 11.8 Å². The summed E-state index contributed by atoms with van der Waals surface area (Å²) in [6, 6.07) is 37.3. The molecule has 6 rings (SSSR count). The van der Waals surface area contributed by atoms with E-state index in [4.69, 9.17) is 23.7 Å². The van der Waals surface area contributed by atoms with Crippen molar-refractivity contribution in [3.8, 4) is 0 Å². The summed E-state index contributed by atoms with van der Waals surface area (Å²) in [5.41, 5.74) is 5.35. The van der Waals surface area contributed by atoms with Gasteiger partial charge in [0.05, 0.1) is 19.8 Å². The first-order chi connectivity index (χ1) is 21.3. The molecule has 6 atom stereocenters. The Morgan fingerprint density at radius 2 is 1.32 bits per heavy atom. The van der Waals surface area contributed by atoms with Gasteiger partial charge in [-0.2, -0.15) is 0 Å². The lowest BCUT2D eigenvalue weighted by molar-refractivity contribution is -0.329. The van der Waals surface area contributed by atoms with Crippen molar-refractivity contribution in [2.24, 2.45) is 0 Å². The molecule has 44 heavy (non-hydrogen) atoms. The summed E-state index contributed by atoms with van der Waals surface area (Å²) in [5.74, 6) is 0. The van der Waals surface area contributed by atoms with Crippen molar-refractivity contribution < 1.29 is 23.7 Å². The van der Waals surface area contributed by atoms with Crippen LogP contribution in [0.4, 0.5) is 0 Å². The monoisotopic (exact) mass is 610 g/mol. The number of thioether (sulfide) groups is 1. The van der Waals surface area contributed by atoms with Crippen LogP contribution >= 0.6 is 11.8 Å². The third kappa shape index (κ3) is 7.45. The quantitative estimate of drug-likeness (QED) is 0.190. The van der Waals surface area contributed by atoms with Crippen molar-refractivity contribution in [1.29, 1.82) is 0 Å². The van der Waals surface area contributed by atoms with Gasteiger partial charge in [-0.05, 0) is 40.7 Å². The number of hydrogen-bond acceptors (Lipinski definition) is 6. The Morgan fingerprint density at radius 1 is 0.727 bits per heavy atom. The van der Waals surface area contributed by atoms with Gasteiger partial charge in [-0.15, -0.1) is 0 Å². The van der Waals surface area contributed by atoms with Crippen LogP contribution in [0.5, 0.6) is 0 Å². The molecule has 230 valence electrons. The van der Waals surface area contributed by atoms with Gasteiger partial charge in [-0.3, -0.25) is 0 Å². The summed E-state index contributed by atoms with van der Waals surface area (Å²) in [5, 5.41) is 0. The zero-order valence-electron chi connectivity index (χ0n) is 25.9. The Morgan fingerprint density at radius 3 is 1.93 bits per heavy atom. The molecule has 4 aromatic rings. The SMILES string of the molecule is Cc1ccc(C(C)(C)C)cc1S[C@@H]1O[C@@H]2COC(c3ccccc3)O[C@H]2[C@H](OCc2ccccc2)[C@H]1OCc1ccccc1. The molecule has 0 aromatic heterocycles. The predicted octanol–water partition coefficient (Wildman–Crippen LogP) is 8.39. The van der Waals surface area contributed by atoms with Crippen LogP contribution in [0.2, 0.25) is 0 Å². The Bertz CT molecular complexity index is 1470. The van der Waals surface area contributed by atoms with E-state index in [0.717, 1.165) is 16.7 Å². The average molecular weight is 611 g/mol. The Balaban J connectivity index is 1.34. The zero-order valence-corrected chi connectivity index (χ0v) is 26.7. The molecule has 6 heteroatoms.